The van der Waals surface area contributed by atoms with E-state index in [-0.39, 0.29) is 5.54 Å². The lowest BCUT2D eigenvalue weighted by Crippen LogP contribution is -2.39. The van der Waals surface area contributed by atoms with Gasteiger partial charge < -0.3 is 15.1 Å². The van der Waals surface area contributed by atoms with Crippen LogP contribution < -0.4 is 5.32 Å². The first kappa shape index (κ1) is 15.4. The molecule has 4 heteroatoms. The summed E-state index contributed by atoms with van der Waals surface area (Å²) in [6.45, 7) is 7.76. The van der Waals surface area contributed by atoms with E-state index < -0.39 is 0 Å². The summed E-state index contributed by atoms with van der Waals surface area (Å²) in [7, 11) is 6.19. The predicted octanol–water partition coefficient (Wildman–Crippen LogP) is 1.15. The first-order valence-corrected chi connectivity index (χ1v) is 6.91. The van der Waals surface area contributed by atoms with Crippen molar-refractivity contribution in [3.05, 3.63) is 0 Å². The van der Waals surface area contributed by atoms with Gasteiger partial charge in [0.2, 0.25) is 0 Å². The SMILES string of the molecule is CNC(C)(C#N)CCCN1CC(C)C(N(C)C)C1. The summed E-state index contributed by atoms with van der Waals surface area (Å²) in [6.07, 6.45) is 2.00. The molecule has 1 aliphatic rings. The summed E-state index contributed by atoms with van der Waals surface area (Å²) < 4.78 is 0. The van der Waals surface area contributed by atoms with Gasteiger partial charge in [0.25, 0.3) is 0 Å². The average molecular weight is 252 g/mol. The third kappa shape index (κ3) is 3.94. The fourth-order valence-corrected chi connectivity index (χ4v) is 2.80. The molecule has 1 heterocycles. The Hall–Kier alpha value is -0.630. The number of hydrogen-bond acceptors (Lipinski definition) is 4. The van der Waals surface area contributed by atoms with Gasteiger partial charge >= 0.3 is 0 Å². The van der Waals surface area contributed by atoms with Crippen LogP contribution in [-0.4, -0.2) is 62.2 Å². The van der Waals surface area contributed by atoms with Gasteiger partial charge in [0, 0.05) is 19.1 Å². The summed E-state index contributed by atoms with van der Waals surface area (Å²) in [4.78, 5) is 4.86. The molecule has 0 aliphatic carbocycles. The maximum Gasteiger partial charge on any atom is 0.103 e. The van der Waals surface area contributed by atoms with Crippen LogP contribution in [0, 0.1) is 17.2 Å². The van der Waals surface area contributed by atoms with Gasteiger partial charge in [0.05, 0.1) is 6.07 Å². The molecule has 3 unspecified atom stereocenters. The summed E-state index contributed by atoms with van der Waals surface area (Å²) >= 11 is 0. The van der Waals surface area contributed by atoms with Gasteiger partial charge in [-0.25, -0.2) is 0 Å². The lowest BCUT2D eigenvalue weighted by Gasteiger charge is -2.24. The van der Waals surface area contributed by atoms with Gasteiger partial charge in [-0.3, -0.25) is 0 Å². The zero-order chi connectivity index (χ0) is 13.8. The normalized spacial score (nSPS) is 28.3. The Morgan fingerprint density at radius 1 is 1.44 bits per heavy atom. The van der Waals surface area contributed by atoms with Crippen molar-refractivity contribution in [2.24, 2.45) is 5.92 Å². The minimum absolute atomic E-state index is 0.369. The molecule has 104 valence electrons. The van der Waals surface area contributed by atoms with Crippen molar-refractivity contribution in [2.45, 2.75) is 38.3 Å². The lowest BCUT2D eigenvalue weighted by molar-refractivity contribution is 0.249. The van der Waals surface area contributed by atoms with Crippen LogP contribution in [0.3, 0.4) is 0 Å². The first-order valence-electron chi connectivity index (χ1n) is 6.91. The second-order valence-corrected chi connectivity index (χ2v) is 6.07. The van der Waals surface area contributed by atoms with E-state index in [0.717, 1.165) is 31.8 Å². The highest BCUT2D eigenvalue weighted by Crippen LogP contribution is 2.21. The van der Waals surface area contributed by atoms with Crippen LogP contribution in [0.2, 0.25) is 0 Å². The zero-order valence-electron chi connectivity index (χ0n) is 12.5. The summed E-state index contributed by atoms with van der Waals surface area (Å²) in [5.74, 6) is 0.742. The first-order chi connectivity index (χ1) is 8.41. The Labute approximate surface area is 112 Å². The van der Waals surface area contributed by atoms with Gasteiger partial charge in [0.15, 0.2) is 0 Å². The fourth-order valence-electron chi connectivity index (χ4n) is 2.80. The maximum absolute atomic E-state index is 9.10. The fraction of sp³-hybridized carbons (Fsp3) is 0.929. The van der Waals surface area contributed by atoms with E-state index in [1.54, 1.807) is 0 Å². The molecule has 0 saturated carbocycles. The largest absolute Gasteiger partial charge is 0.305 e. The Morgan fingerprint density at radius 2 is 2.11 bits per heavy atom. The van der Waals surface area contributed by atoms with Crippen LogP contribution in [-0.2, 0) is 0 Å². The minimum Gasteiger partial charge on any atom is -0.305 e. The molecule has 1 fully saturated rings. The quantitative estimate of drug-likeness (QED) is 0.770. The summed E-state index contributed by atoms with van der Waals surface area (Å²) in [5, 5.41) is 12.2. The van der Waals surface area contributed by atoms with Crippen LogP contribution in [0.4, 0.5) is 0 Å². The van der Waals surface area contributed by atoms with E-state index in [1.165, 1.54) is 6.54 Å². The van der Waals surface area contributed by atoms with Crippen LogP contribution in [0.5, 0.6) is 0 Å². The number of rotatable bonds is 6. The Balaban J connectivity index is 2.32. The van der Waals surface area contributed by atoms with Crippen LogP contribution in [0.1, 0.15) is 26.7 Å². The standard InChI is InChI=1S/C14H28N4/c1-12-9-18(10-13(12)17(4)5)8-6-7-14(2,11-15)16-3/h12-13,16H,6-10H2,1-5H3. The number of nitrogens with zero attached hydrogens (tertiary/aromatic N) is 3. The van der Waals surface area contributed by atoms with Crippen LogP contribution >= 0.6 is 0 Å². The molecule has 0 bridgehead atoms. The van der Waals surface area contributed by atoms with Crippen molar-refractivity contribution in [1.29, 1.82) is 5.26 Å². The van der Waals surface area contributed by atoms with Gasteiger partial charge in [-0.1, -0.05) is 6.92 Å². The lowest BCUT2D eigenvalue weighted by atomic mass is 9.98. The highest BCUT2D eigenvalue weighted by Gasteiger charge is 2.31. The molecule has 1 N–H and O–H groups in total. The van der Waals surface area contributed by atoms with Crippen molar-refractivity contribution < 1.29 is 0 Å². The monoisotopic (exact) mass is 252 g/mol. The average Bonchev–Trinajstić information content (AvgIpc) is 2.70. The molecule has 3 atom stereocenters. The predicted molar refractivity (Wildman–Crippen MR) is 75.4 cm³/mol. The molecule has 0 radical (unpaired) electrons. The zero-order valence-corrected chi connectivity index (χ0v) is 12.5. The molecule has 0 spiro atoms. The van der Waals surface area contributed by atoms with Gasteiger partial charge in [-0.15, -0.1) is 0 Å². The van der Waals surface area contributed by atoms with E-state index in [4.69, 9.17) is 5.26 Å². The molecule has 18 heavy (non-hydrogen) atoms. The number of likely N-dealkylation sites (N-methyl/N-ethyl adjacent to an activating group) is 1. The molecular weight excluding hydrogens is 224 g/mol. The van der Waals surface area contributed by atoms with Gasteiger partial charge in [-0.05, 0) is 53.4 Å². The molecule has 0 amide bonds. The molecule has 1 rings (SSSR count). The van der Waals surface area contributed by atoms with Crippen molar-refractivity contribution in [3.8, 4) is 6.07 Å². The highest BCUT2D eigenvalue weighted by molar-refractivity contribution is 5.02. The number of hydrogen-bond donors (Lipinski definition) is 1. The molecule has 1 aliphatic heterocycles. The van der Waals surface area contributed by atoms with Gasteiger partial charge in [-0.2, -0.15) is 5.26 Å². The van der Waals surface area contributed by atoms with E-state index in [0.29, 0.717) is 6.04 Å². The number of likely N-dealkylation sites (tertiary alicyclic amines) is 1. The molecule has 0 aromatic rings. The van der Waals surface area contributed by atoms with Crippen molar-refractivity contribution in [2.75, 3.05) is 40.8 Å². The van der Waals surface area contributed by atoms with Crippen molar-refractivity contribution in [3.63, 3.8) is 0 Å². The summed E-state index contributed by atoms with van der Waals surface area (Å²) in [5.41, 5.74) is -0.369. The molecule has 0 aromatic heterocycles. The van der Waals surface area contributed by atoms with E-state index >= 15 is 0 Å². The summed E-state index contributed by atoms with van der Waals surface area (Å²) in [6, 6.07) is 3.03. The van der Waals surface area contributed by atoms with Crippen LogP contribution in [0.25, 0.3) is 0 Å². The third-order valence-electron chi connectivity index (χ3n) is 4.26. The maximum atomic E-state index is 9.10. The second-order valence-electron chi connectivity index (χ2n) is 6.07. The Bertz CT molecular complexity index is 297. The number of nitrogens with one attached hydrogen (secondary N) is 1. The highest BCUT2D eigenvalue weighted by atomic mass is 15.2. The third-order valence-corrected chi connectivity index (χ3v) is 4.26. The molecule has 1 saturated heterocycles. The second kappa shape index (κ2) is 6.51. The van der Waals surface area contributed by atoms with E-state index in [2.05, 4.69) is 42.2 Å². The van der Waals surface area contributed by atoms with E-state index in [1.807, 2.05) is 14.0 Å². The molecular formula is C14H28N4. The molecule has 0 aromatic carbocycles. The number of nitriles is 1. The topological polar surface area (TPSA) is 42.3 Å². The van der Waals surface area contributed by atoms with Gasteiger partial charge in [0.1, 0.15) is 5.54 Å². The van der Waals surface area contributed by atoms with Crippen molar-refractivity contribution >= 4 is 0 Å². The molecule has 4 nitrogen and oxygen atoms in total. The smallest absolute Gasteiger partial charge is 0.103 e. The Morgan fingerprint density at radius 3 is 2.56 bits per heavy atom. The minimum atomic E-state index is -0.369. The Kier molecular flexibility index (Phi) is 5.58. The van der Waals surface area contributed by atoms with Crippen LogP contribution in [0.15, 0.2) is 0 Å². The van der Waals surface area contributed by atoms with Crippen molar-refractivity contribution in [1.82, 2.24) is 15.1 Å². The van der Waals surface area contributed by atoms with E-state index in [9.17, 15) is 0 Å².